The smallest absolute Gasteiger partial charge is 0.0507 e. The highest BCUT2D eigenvalue weighted by molar-refractivity contribution is 5.70. The molecule has 0 saturated heterocycles. The minimum atomic E-state index is 0.716. The zero-order valence-electron chi connectivity index (χ0n) is 5.67. The molecular formula is C7H12N2. The van der Waals surface area contributed by atoms with Gasteiger partial charge < -0.3 is 5.43 Å². The van der Waals surface area contributed by atoms with Gasteiger partial charge in [-0.25, -0.2) is 0 Å². The Morgan fingerprint density at radius 2 is 2.44 bits per heavy atom. The fourth-order valence-corrected chi connectivity index (χ4v) is 0.299. The van der Waals surface area contributed by atoms with E-state index in [9.17, 15) is 0 Å². The van der Waals surface area contributed by atoms with Crippen LogP contribution in [0.3, 0.4) is 0 Å². The number of hydrogen-bond donors (Lipinski definition) is 1. The van der Waals surface area contributed by atoms with Gasteiger partial charge in [-0.3, -0.25) is 0 Å². The summed E-state index contributed by atoms with van der Waals surface area (Å²) in [5, 5.41) is 3.82. The Morgan fingerprint density at radius 3 is 3.00 bits per heavy atom. The first-order valence-corrected chi connectivity index (χ1v) is 2.90. The highest BCUT2D eigenvalue weighted by atomic mass is 15.3. The van der Waals surface area contributed by atoms with Crippen LogP contribution in [0.25, 0.3) is 0 Å². The van der Waals surface area contributed by atoms with Gasteiger partial charge in [-0.2, -0.15) is 5.10 Å². The summed E-state index contributed by atoms with van der Waals surface area (Å²) in [4.78, 5) is 0. The van der Waals surface area contributed by atoms with Crippen LogP contribution in [-0.4, -0.2) is 12.8 Å². The molecule has 0 heterocycles. The number of nitrogens with one attached hydrogen (secondary N) is 1. The van der Waals surface area contributed by atoms with Gasteiger partial charge in [-0.15, -0.1) is 6.58 Å². The van der Waals surface area contributed by atoms with Crippen LogP contribution in [0.5, 0.6) is 0 Å². The van der Waals surface area contributed by atoms with Crippen molar-refractivity contribution in [3.8, 4) is 0 Å². The van der Waals surface area contributed by atoms with Crippen LogP contribution >= 0.6 is 0 Å². The maximum Gasteiger partial charge on any atom is 0.0507 e. The van der Waals surface area contributed by atoms with Crippen molar-refractivity contribution < 1.29 is 0 Å². The van der Waals surface area contributed by atoms with E-state index in [0.29, 0.717) is 6.54 Å². The Morgan fingerprint density at radius 1 is 1.67 bits per heavy atom. The van der Waals surface area contributed by atoms with Gasteiger partial charge in [0, 0.05) is 6.21 Å². The maximum absolute atomic E-state index is 3.82. The van der Waals surface area contributed by atoms with Crippen molar-refractivity contribution in [2.24, 2.45) is 5.10 Å². The molecule has 0 amide bonds. The van der Waals surface area contributed by atoms with Crippen molar-refractivity contribution in [1.29, 1.82) is 0 Å². The van der Waals surface area contributed by atoms with Gasteiger partial charge in [0.05, 0.1) is 6.54 Å². The van der Waals surface area contributed by atoms with E-state index in [-0.39, 0.29) is 0 Å². The summed E-state index contributed by atoms with van der Waals surface area (Å²) in [5.41, 5.74) is 2.77. The third-order valence-corrected chi connectivity index (χ3v) is 0.680. The second kappa shape index (κ2) is 6.95. The molecular weight excluding hydrogens is 112 g/mol. The molecule has 0 aromatic rings. The van der Waals surface area contributed by atoms with Crippen molar-refractivity contribution in [3.63, 3.8) is 0 Å². The van der Waals surface area contributed by atoms with Gasteiger partial charge in [-0.05, 0) is 13.0 Å². The highest BCUT2D eigenvalue weighted by Crippen LogP contribution is 1.64. The summed E-state index contributed by atoms with van der Waals surface area (Å²) in [7, 11) is 0. The molecule has 2 heteroatoms. The van der Waals surface area contributed by atoms with Crippen LogP contribution in [0, 0.1) is 0 Å². The second-order valence-electron chi connectivity index (χ2n) is 1.45. The molecule has 0 aromatic heterocycles. The Kier molecular flexibility index (Phi) is 6.14. The van der Waals surface area contributed by atoms with Crippen molar-refractivity contribution in [2.45, 2.75) is 6.92 Å². The maximum atomic E-state index is 3.82. The van der Waals surface area contributed by atoms with Crippen LogP contribution < -0.4 is 5.43 Å². The van der Waals surface area contributed by atoms with E-state index in [1.807, 2.05) is 19.1 Å². The van der Waals surface area contributed by atoms with Crippen LogP contribution in [0.1, 0.15) is 6.92 Å². The minimum Gasteiger partial charge on any atom is -0.306 e. The third kappa shape index (κ3) is 6.95. The number of hydrogen-bond acceptors (Lipinski definition) is 2. The standard InChI is InChI=1S/C7H12N2/c1-3-5-7-9-8-6-4-2/h3-5,7-8H,2,6H2,1H3/b5-3+,9-7-. The Balaban J connectivity index is 3.14. The summed E-state index contributed by atoms with van der Waals surface area (Å²) in [5.74, 6) is 0. The monoisotopic (exact) mass is 124 g/mol. The fraction of sp³-hybridized carbons (Fsp3) is 0.286. The molecule has 0 fully saturated rings. The summed E-state index contributed by atoms with van der Waals surface area (Å²) < 4.78 is 0. The molecule has 0 aliphatic rings. The highest BCUT2D eigenvalue weighted by Gasteiger charge is 1.65. The van der Waals surface area contributed by atoms with Gasteiger partial charge >= 0.3 is 0 Å². The number of allylic oxidation sites excluding steroid dienone is 2. The molecule has 0 aliphatic carbocycles. The number of hydrazone groups is 1. The molecule has 50 valence electrons. The lowest BCUT2D eigenvalue weighted by molar-refractivity contribution is 0.832. The van der Waals surface area contributed by atoms with E-state index in [1.54, 1.807) is 12.3 Å². The average molecular weight is 124 g/mol. The van der Waals surface area contributed by atoms with E-state index in [0.717, 1.165) is 0 Å². The van der Waals surface area contributed by atoms with Gasteiger partial charge in [0.2, 0.25) is 0 Å². The first-order chi connectivity index (χ1) is 4.41. The lowest BCUT2D eigenvalue weighted by Gasteiger charge is -1.88. The van der Waals surface area contributed by atoms with E-state index in [1.165, 1.54) is 0 Å². The van der Waals surface area contributed by atoms with Crippen LogP contribution in [0.15, 0.2) is 29.9 Å². The largest absolute Gasteiger partial charge is 0.306 e. The zero-order valence-corrected chi connectivity index (χ0v) is 5.67. The molecule has 2 nitrogen and oxygen atoms in total. The molecule has 0 saturated carbocycles. The molecule has 0 aromatic carbocycles. The number of rotatable bonds is 4. The van der Waals surface area contributed by atoms with Gasteiger partial charge in [0.1, 0.15) is 0 Å². The predicted molar refractivity (Wildman–Crippen MR) is 41.5 cm³/mol. The summed E-state index contributed by atoms with van der Waals surface area (Å²) in [6.45, 7) is 6.18. The van der Waals surface area contributed by atoms with Crippen LogP contribution in [0.2, 0.25) is 0 Å². The molecule has 0 unspecified atom stereocenters. The summed E-state index contributed by atoms with van der Waals surface area (Å²) in [6.07, 6.45) is 7.23. The molecule has 0 spiro atoms. The predicted octanol–water partition coefficient (Wildman–Crippen LogP) is 1.32. The van der Waals surface area contributed by atoms with E-state index < -0.39 is 0 Å². The van der Waals surface area contributed by atoms with Crippen molar-refractivity contribution in [3.05, 3.63) is 24.8 Å². The average Bonchev–Trinajstić information content (AvgIpc) is 1.89. The first kappa shape index (κ1) is 7.95. The molecule has 1 N–H and O–H groups in total. The first-order valence-electron chi connectivity index (χ1n) is 2.90. The Bertz CT molecular complexity index is 114. The Hall–Kier alpha value is -1.05. The summed E-state index contributed by atoms with van der Waals surface area (Å²) in [6, 6.07) is 0. The quantitative estimate of drug-likeness (QED) is 0.260. The molecule has 9 heavy (non-hydrogen) atoms. The minimum absolute atomic E-state index is 0.716. The van der Waals surface area contributed by atoms with Crippen molar-refractivity contribution in [1.82, 2.24) is 5.43 Å². The van der Waals surface area contributed by atoms with Crippen molar-refractivity contribution in [2.75, 3.05) is 6.54 Å². The summed E-state index contributed by atoms with van der Waals surface area (Å²) >= 11 is 0. The fourth-order valence-electron chi connectivity index (χ4n) is 0.299. The topological polar surface area (TPSA) is 24.4 Å². The van der Waals surface area contributed by atoms with E-state index in [2.05, 4.69) is 17.1 Å². The SMILES string of the molecule is C=CCN/N=C\C=C\C. The van der Waals surface area contributed by atoms with Gasteiger partial charge in [0.25, 0.3) is 0 Å². The van der Waals surface area contributed by atoms with E-state index >= 15 is 0 Å². The second-order valence-corrected chi connectivity index (χ2v) is 1.45. The molecule has 0 aliphatic heterocycles. The van der Waals surface area contributed by atoms with Crippen LogP contribution in [-0.2, 0) is 0 Å². The van der Waals surface area contributed by atoms with Gasteiger partial charge in [0.15, 0.2) is 0 Å². The number of nitrogens with zero attached hydrogens (tertiary/aromatic N) is 1. The normalized spacial score (nSPS) is 10.8. The molecule has 0 atom stereocenters. The lowest BCUT2D eigenvalue weighted by Crippen LogP contribution is -2.03. The Labute approximate surface area is 56.0 Å². The van der Waals surface area contributed by atoms with E-state index in [4.69, 9.17) is 0 Å². The molecule has 0 radical (unpaired) electrons. The van der Waals surface area contributed by atoms with Gasteiger partial charge in [-0.1, -0.05) is 12.2 Å². The molecule has 0 rings (SSSR count). The third-order valence-electron chi connectivity index (χ3n) is 0.680. The lowest BCUT2D eigenvalue weighted by atomic mass is 10.6. The van der Waals surface area contributed by atoms with Crippen LogP contribution in [0.4, 0.5) is 0 Å². The van der Waals surface area contributed by atoms with Crippen molar-refractivity contribution >= 4 is 6.21 Å². The zero-order chi connectivity index (χ0) is 6.95. The molecule has 0 bridgehead atoms.